The van der Waals surface area contributed by atoms with Crippen LogP contribution in [-0.4, -0.2) is 24.6 Å². The Hall–Kier alpha value is -1.84. The molecule has 0 radical (unpaired) electrons. The first kappa shape index (κ1) is 26.2. The summed E-state index contributed by atoms with van der Waals surface area (Å²) in [4.78, 5) is 25.2. The van der Waals surface area contributed by atoms with Crippen molar-refractivity contribution in [1.29, 1.82) is 0 Å². The molecule has 1 atom stereocenters. The Morgan fingerprint density at radius 3 is 1.87 bits per heavy atom. The summed E-state index contributed by atoms with van der Waals surface area (Å²) < 4.78 is 11.2. The number of hydrogen-bond donors (Lipinski definition) is 0. The molecule has 1 aromatic rings. The first-order chi connectivity index (χ1) is 14.6. The van der Waals surface area contributed by atoms with E-state index < -0.39 is 11.9 Å². The first-order valence-electron chi connectivity index (χ1n) is 12.1. The van der Waals surface area contributed by atoms with E-state index in [9.17, 15) is 9.59 Å². The number of rotatable bonds is 17. The van der Waals surface area contributed by atoms with Crippen LogP contribution < -0.4 is 0 Å². The van der Waals surface area contributed by atoms with E-state index in [1.807, 2.05) is 0 Å². The van der Waals surface area contributed by atoms with E-state index in [2.05, 4.69) is 20.8 Å². The fourth-order valence-electron chi connectivity index (χ4n) is 3.55. The van der Waals surface area contributed by atoms with Gasteiger partial charge in [0.15, 0.2) is 0 Å². The number of hydrogen-bond acceptors (Lipinski definition) is 4. The van der Waals surface area contributed by atoms with E-state index in [4.69, 9.17) is 9.47 Å². The number of carbonyl (C=O) groups is 2. The van der Waals surface area contributed by atoms with Gasteiger partial charge in [0, 0.05) is 0 Å². The van der Waals surface area contributed by atoms with Gasteiger partial charge in [-0.3, -0.25) is 0 Å². The molecule has 30 heavy (non-hydrogen) atoms. The van der Waals surface area contributed by atoms with Crippen molar-refractivity contribution in [3.8, 4) is 0 Å². The molecular weight excluding hydrogens is 376 g/mol. The highest BCUT2D eigenvalue weighted by Crippen LogP contribution is 2.17. The lowest BCUT2D eigenvalue weighted by Crippen LogP contribution is -2.21. The third-order valence-electron chi connectivity index (χ3n) is 5.36. The Morgan fingerprint density at radius 2 is 1.27 bits per heavy atom. The quantitative estimate of drug-likeness (QED) is 0.194. The molecule has 0 amide bonds. The van der Waals surface area contributed by atoms with Crippen molar-refractivity contribution in [2.24, 2.45) is 0 Å². The van der Waals surface area contributed by atoms with Gasteiger partial charge < -0.3 is 9.47 Å². The fourth-order valence-corrected chi connectivity index (χ4v) is 3.55. The SMILES string of the molecule is CCCCCCCCCCOC(=O)c1ccccc1C(=O)OC(CCC)CCCC. The maximum Gasteiger partial charge on any atom is 0.339 e. The molecular formula is C26H42O4. The smallest absolute Gasteiger partial charge is 0.339 e. The van der Waals surface area contributed by atoms with Crippen LogP contribution in [0.2, 0.25) is 0 Å². The zero-order chi connectivity index (χ0) is 22.0. The van der Waals surface area contributed by atoms with E-state index in [1.54, 1.807) is 24.3 Å². The largest absolute Gasteiger partial charge is 0.462 e. The maximum atomic E-state index is 12.7. The number of benzene rings is 1. The van der Waals surface area contributed by atoms with Crippen molar-refractivity contribution in [2.45, 2.75) is 110 Å². The third-order valence-corrected chi connectivity index (χ3v) is 5.36. The van der Waals surface area contributed by atoms with E-state index in [1.165, 1.54) is 38.5 Å². The third kappa shape index (κ3) is 10.8. The molecule has 0 bridgehead atoms. The molecule has 0 fully saturated rings. The van der Waals surface area contributed by atoms with Gasteiger partial charge in [0.1, 0.15) is 6.10 Å². The van der Waals surface area contributed by atoms with Gasteiger partial charge in [-0.2, -0.15) is 0 Å². The van der Waals surface area contributed by atoms with Gasteiger partial charge in [0.25, 0.3) is 0 Å². The van der Waals surface area contributed by atoms with Crippen LogP contribution in [0.5, 0.6) is 0 Å². The Morgan fingerprint density at radius 1 is 0.700 bits per heavy atom. The van der Waals surface area contributed by atoms with Gasteiger partial charge in [-0.05, 0) is 31.4 Å². The molecule has 0 heterocycles. The van der Waals surface area contributed by atoms with Crippen molar-refractivity contribution in [2.75, 3.05) is 6.61 Å². The summed E-state index contributed by atoms with van der Waals surface area (Å²) in [6, 6.07) is 6.81. The topological polar surface area (TPSA) is 52.6 Å². The van der Waals surface area contributed by atoms with Gasteiger partial charge in [-0.1, -0.05) is 97.1 Å². The van der Waals surface area contributed by atoms with Gasteiger partial charge in [0.2, 0.25) is 0 Å². The van der Waals surface area contributed by atoms with Gasteiger partial charge >= 0.3 is 11.9 Å². The molecule has 0 saturated carbocycles. The lowest BCUT2D eigenvalue weighted by Gasteiger charge is -2.18. The van der Waals surface area contributed by atoms with Crippen molar-refractivity contribution < 1.29 is 19.1 Å². The summed E-state index contributed by atoms with van der Waals surface area (Å²) >= 11 is 0. The molecule has 170 valence electrons. The molecule has 0 saturated heterocycles. The minimum atomic E-state index is -0.439. The molecule has 0 aromatic heterocycles. The zero-order valence-corrected chi connectivity index (χ0v) is 19.4. The lowest BCUT2D eigenvalue weighted by atomic mass is 10.1. The Balaban J connectivity index is 2.48. The van der Waals surface area contributed by atoms with E-state index in [-0.39, 0.29) is 6.10 Å². The minimum Gasteiger partial charge on any atom is -0.462 e. The Kier molecular flexibility index (Phi) is 14.8. The van der Waals surface area contributed by atoms with Crippen molar-refractivity contribution in [3.63, 3.8) is 0 Å². The minimum absolute atomic E-state index is 0.0937. The van der Waals surface area contributed by atoms with Gasteiger partial charge in [-0.25, -0.2) is 9.59 Å². The summed E-state index contributed by atoms with van der Waals surface area (Å²) in [5, 5.41) is 0. The lowest BCUT2D eigenvalue weighted by molar-refractivity contribution is 0.0246. The van der Waals surface area contributed by atoms with Crippen LogP contribution in [0.1, 0.15) is 125 Å². The van der Waals surface area contributed by atoms with Crippen LogP contribution in [0, 0.1) is 0 Å². The number of unbranched alkanes of at least 4 members (excludes halogenated alkanes) is 8. The van der Waals surface area contributed by atoms with Crippen LogP contribution in [0.25, 0.3) is 0 Å². The molecule has 0 aliphatic carbocycles. The number of esters is 2. The summed E-state index contributed by atoms with van der Waals surface area (Å²) in [5.74, 6) is -0.865. The molecule has 1 unspecified atom stereocenters. The van der Waals surface area contributed by atoms with Crippen molar-refractivity contribution in [3.05, 3.63) is 35.4 Å². The standard InChI is InChI=1S/C26H42O4/c1-4-7-9-10-11-12-13-16-21-29-25(27)23-19-14-15-20-24(23)26(28)30-22(17-6-3)18-8-5-2/h14-15,19-20,22H,4-13,16-18,21H2,1-3H3. The monoisotopic (exact) mass is 418 g/mol. The van der Waals surface area contributed by atoms with Crippen LogP contribution in [0.4, 0.5) is 0 Å². The molecule has 0 N–H and O–H groups in total. The molecule has 1 rings (SSSR count). The van der Waals surface area contributed by atoms with Crippen LogP contribution >= 0.6 is 0 Å². The summed E-state index contributed by atoms with van der Waals surface area (Å²) in [6.07, 6.45) is 14.2. The predicted molar refractivity (Wildman–Crippen MR) is 123 cm³/mol. The highest BCUT2D eigenvalue weighted by molar-refractivity contribution is 6.03. The molecule has 1 aromatic carbocycles. The van der Waals surface area contributed by atoms with Crippen molar-refractivity contribution >= 4 is 11.9 Å². The average molecular weight is 419 g/mol. The fraction of sp³-hybridized carbons (Fsp3) is 0.692. The highest BCUT2D eigenvalue weighted by atomic mass is 16.5. The zero-order valence-electron chi connectivity index (χ0n) is 19.4. The van der Waals surface area contributed by atoms with Crippen LogP contribution in [-0.2, 0) is 9.47 Å². The second-order valence-electron chi connectivity index (χ2n) is 8.11. The van der Waals surface area contributed by atoms with Crippen molar-refractivity contribution in [1.82, 2.24) is 0 Å². The van der Waals surface area contributed by atoms with Gasteiger partial charge in [-0.15, -0.1) is 0 Å². The predicted octanol–water partition coefficient (Wildman–Crippen LogP) is 7.50. The van der Waals surface area contributed by atoms with E-state index in [0.29, 0.717) is 17.7 Å². The molecule has 0 aliphatic rings. The molecule has 0 aliphatic heterocycles. The normalized spacial score (nSPS) is 11.8. The average Bonchev–Trinajstić information content (AvgIpc) is 2.76. The number of carbonyl (C=O) groups excluding carboxylic acids is 2. The summed E-state index contributed by atoms with van der Waals surface area (Å²) in [6.45, 7) is 6.83. The summed E-state index contributed by atoms with van der Waals surface area (Å²) in [7, 11) is 0. The molecule has 4 nitrogen and oxygen atoms in total. The maximum absolute atomic E-state index is 12.7. The van der Waals surface area contributed by atoms with E-state index >= 15 is 0 Å². The second-order valence-corrected chi connectivity index (χ2v) is 8.11. The number of ether oxygens (including phenoxy) is 2. The van der Waals surface area contributed by atoms with Crippen LogP contribution in [0.15, 0.2) is 24.3 Å². The Bertz CT molecular complexity index is 596. The molecule has 0 spiro atoms. The first-order valence-corrected chi connectivity index (χ1v) is 12.1. The summed E-state index contributed by atoms with van der Waals surface area (Å²) in [5.41, 5.74) is 0.601. The highest BCUT2D eigenvalue weighted by Gasteiger charge is 2.21. The Labute approximate surface area is 183 Å². The van der Waals surface area contributed by atoms with Crippen LogP contribution in [0.3, 0.4) is 0 Å². The molecule has 4 heteroatoms. The second kappa shape index (κ2) is 16.9. The van der Waals surface area contributed by atoms with Gasteiger partial charge in [0.05, 0.1) is 17.7 Å². The van der Waals surface area contributed by atoms with E-state index in [0.717, 1.165) is 44.9 Å².